The molecule has 35 heavy (non-hydrogen) atoms. The zero-order valence-electron chi connectivity index (χ0n) is 19.4. The largest absolute Gasteiger partial charge is 0.415 e. The van der Waals surface area contributed by atoms with Crippen LogP contribution in [0, 0.1) is 5.82 Å². The van der Waals surface area contributed by atoms with Crippen LogP contribution in [0.4, 0.5) is 13.2 Å². The van der Waals surface area contributed by atoms with E-state index in [9.17, 15) is 18.0 Å². The number of fused-ring (bicyclic) bond motifs is 1. The predicted molar refractivity (Wildman–Crippen MR) is 123 cm³/mol. The lowest BCUT2D eigenvalue weighted by molar-refractivity contribution is 0.116. The Morgan fingerprint density at radius 2 is 1.86 bits per heavy atom. The normalized spacial score (nSPS) is 15.6. The van der Waals surface area contributed by atoms with E-state index in [1.807, 2.05) is 0 Å². The van der Waals surface area contributed by atoms with Crippen molar-refractivity contribution in [3.8, 4) is 11.5 Å². The van der Waals surface area contributed by atoms with Gasteiger partial charge in [-0.05, 0) is 57.0 Å². The molecule has 0 spiro atoms. The summed E-state index contributed by atoms with van der Waals surface area (Å²) in [6.45, 7) is 6.25. The van der Waals surface area contributed by atoms with E-state index in [1.165, 1.54) is 22.9 Å². The molecule has 0 unspecified atom stereocenters. The van der Waals surface area contributed by atoms with E-state index >= 15 is 0 Å². The van der Waals surface area contributed by atoms with Crippen molar-refractivity contribution >= 4 is 11.0 Å². The summed E-state index contributed by atoms with van der Waals surface area (Å²) in [5.74, 6) is -1.25. The number of aromatic nitrogens is 5. The fourth-order valence-corrected chi connectivity index (χ4v) is 4.66. The third kappa shape index (κ3) is 4.47. The molecule has 0 bridgehead atoms. The maximum Gasteiger partial charge on any atom is 0.329 e. The van der Waals surface area contributed by atoms with Gasteiger partial charge < -0.3 is 9.32 Å². The fraction of sp³-hybridized carbons (Fsp3) is 0.417. The van der Waals surface area contributed by atoms with E-state index in [0.717, 1.165) is 25.9 Å². The molecule has 0 N–H and O–H groups in total. The van der Waals surface area contributed by atoms with Gasteiger partial charge in [-0.15, -0.1) is 10.2 Å². The number of likely N-dealkylation sites (tertiary alicyclic amines) is 1. The molecule has 0 saturated carbocycles. The number of benzene rings is 1. The number of hydrogen-bond acceptors (Lipinski definition) is 6. The van der Waals surface area contributed by atoms with Gasteiger partial charge in [0.15, 0.2) is 0 Å². The molecule has 11 heteroatoms. The van der Waals surface area contributed by atoms with Crippen LogP contribution in [0.5, 0.6) is 0 Å². The Morgan fingerprint density at radius 3 is 2.49 bits per heavy atom. The molecule has 0 amide bonds. The molecule has 1 saturated heterocycles. The number of nitrogens with zero attached hydrogens (tertiary/aromatic N) is 6. The number of rotatable bonds is 6. The van der Waals surface area contributed by atoms with Gasteiger partial charge in [-0.25, -0.2) is 9.18 Å². The SMILES string of the molecule is CC(C)N1CCC(n2c(=O)n(Cc3ccc(-c4nnc(C(F)F)o4)cn3)c3cc(F)ccc32)CC1. The first kappa shape index (κ1) is 23.3. The van der Waals surface area contributed by atoms with Crippen molar-refractivity contribution in [2.75, 3.05) is 13.1 Å². The van der Waals surface area contributed by atoms with Gasteiger partial charge in [0.2, 0.25) is 5.89 Å². The summed E-state index contributed by atoms with van der Waals surface area (Å²) >= 11 is 0. The van der Waals surface area contributed by atoms with Crippen molar-refractivity contribution in [3.63, 3.8) is 0 Å². The van der Waals surface area contributed by atoms with E-state index in [4.69, 9.17) is 4.42 Å². The molecule has 184 valence electrons. The first-order valence-electron chi connectivity index (χ1n) is 11.5. The van der Waals surface area contributed by atoms with Gasteiger partial charge in [0.25, 0.3) is 5.89 Å². The van der Waals surface area contributed by atoms with E-state index in [-0.39, 0.29) is 24.2 Å². The minimum Gasteiger partial charge on any atom is -0.415 e. The van der Waals surface area contributed by atoms with Crippen molar-refractivity contribution in [3.05, 3.63) is 64.4 Å². The fourth-order valence-electron chi connectivity index (χ4n) is 4.66. The predicted octanol–water partition coefficient (Wildman–Crippen LogP) is 4.42. The Balaban J connectivity index is 1.45. The molecule has 0 radical (unpaired) electrons. The zero-order valence-corrected chi connectivity index (χ0v) is 19.4. The number of halogens is 3. The maximum atomic E-state index is 14.2. The third-order valence-corrected chi connectivity index (χ3v) is 6.54. The zero-order chi connectivity index (χ0) is 24.7. The van der Waals surface area contributed by atoms with Crippen LogP contribution in [0.25, 0.3) is 22.5 Å². The highest BCUT2D eigenvalue weighted by Gasteiger charge is 2.26. The minimum absolute atomic E-state index is 0.0311. The Labute approximate surface area is 199 Å². The molecule has 4 heterocycles. The van der Waals surface area contributed by atoms with Crippen LogP contribution in [0.3, 0.4) is 0 Å². The molecular formula is C24H25F3N6O2. The summed E-state index contributed by atoms with van der Waals surface area (Å²) in [6, 6.07) is 8.14. The second-order valence-electron chi connectivity index (χ2n) is 9.02. The second-order valence-corrected chi connectivity index (χ2v) is 9.02. The lowest BCUT2D eigenvalue weighted by Gasteiger charge is -2.35. The van der Waals surface area contributed by atoms with E-state index in [2.05, 4.69) is 33.9 Å². The molecule has 8 nitrogen and oxygen atoms in total. The standard InChI is InChI=1S/C24H25F3N6O2/c1-14(2)31-9-7-18(8-10-31)33-19-6-4-16(25)11-20(19)32(24(33)34)13-17-5-3-15(12-28-17)22-29-30-23(35-22)21(26)27/h3-6,11-12,14,18,21H,7-10,13H2,1-2H3. The van der Waals surface area contributed by atoms with Crippen LogP contribution in [-0.2, 0) is 6.54 Å². The van der Waals surface area contributed by atoms with Crippen LogP contribution >= 0.6 is 0 Å². The summed E-state index contributed by atoms with van der Waals surface area (Å²) in [6.07, 6.45) is 0.245. The van der Waals surface area contributed by atoms with Crippen molar-refractivity contribution in [1.82, 2.24) is 29.2 Å². The highest BCUT2D eigenvalue weighted by molar-refractivity contribution is 5.76. The van der Waals surface area contributed by atoms with E-state index < -0.39 is 18.1 Å². The quantitative estimate of drug-likeness (QED) is 0.401. The van der Waals surface area contributed by atoms with Crippen LogP contribution in [-0.4, -0.2) is 48.3 Å². The molecule has 5 rings (SSSR count). The Hall–Kier alpha value is -3.47. The minimum atomic E-state index is -2.86. The van der Waals surface area contributed by atoms with Crippen LogP contribution in [0.1, 0.15) is 50.7 Å². The van der Waals surface area contributed by atoms with Crippen LogP contribution in [0.15, 0.2) is 45.7 Å². The topological polar surface area (TPSA) is 82.0 Å². The van der Waals surface area contributed by atoms with Crippen LogP contribution in [0.2, 0.25) is 0 Å². The lowest BCUT2D eigenvalue weighted by atomic mass is 10.0. The molecule has 1 aliphatic heterocycles. The van der Waals surface area contributed by atoms with Gasteiger partial charge in [-0.3, -0.25) is 14.1 Å². The van der Waals surface area contributed by atoms with Gasteiger partial charge >= 0.3 is 12.1 Å². The Morgan fingerprint density at radius 1 is 1.09 bits per heavy atom. The molecule has 0 aliphatic carbocycles. The average Bonchev–Trinajstić information content (AvgIpc) is 3.44. The van der Waals surface area contributed by atoms with Gasteiger partial charge in [0, 0.05) is 31.4 Å². The van der Waals surface area contributed by atoms with Gasteiger partial charge in [-0.2, -0.15) is 8.78 Å². The number of hydrogen-bond donors (Lipinski definition) is 0. The summed E-state index contributed by atoms with van der Waals surface area (Å²) < 4.78 is 47.8. The van der Waals surface area contributed by atoms with Crippen LogP contribution < -0.4 is 5.69 Å². The van der Waals surface area contributed by atoms with Gasteiger partial charge in [0.05, 0.1) is 28.8 Å². The average molecular weight is 486 g/mol. The summed E-state index contributed by atoms with van der Waals surface area (Å²) in [5, 5.41) is 6.93. The molecule has 0 atom stereocenters. The van der Waals surface area contributed by atoms with Gasteiger partial charge in [0.1, 0.15) is 5.82 Å². The molecule has 1 aromatic carbocycles. The highest BCUT2D eigenvalue weighted by Crippen LogP contribution is 2.28. The number of piperidine rings is 1. The van der Waals surface area contributed by atoms with E-state index in [1.54, 1.807) is 22.8 Å². The summed E-state index contributed by atoms with van der Waals surface area (Å²) in [4.78, 5) is 20.3. The highest BCUT2D eigenvalue weighted by atomic mass is 19.3. The molecule has 4 aromatic rings. The molecule has 3 aromatic heterocycles. The van der Waals surface area contributed by atoms with E-state index in [0.29, 0.717) is 28.3 Å². The molecular weight excluding hydrogens is 461 g/mol. The van der Waals surface area contributed by atoms with Crippen molar-refractivity contribution in [1.29, 1.82) is 0 Å². The van der Waals surface area contributed by atoms with Crippen molar-refractivity contribution in [2.45, 2.75) is 51.7 Å². The monoisotopic (exact) mass is 486 g/mol. The third-order valence-electron chi connectivity index (χ3n) is 6.54. The smallest absolute Gasteiger partial charge is 0.329 e. The maximum absolute atomic E-state index is 14.2. The summed E-state index contributed by atoms with van der Waals surface area (Å²) in [7, 11) is 0. The molecule has 1 fully saturated rings. The van der Waals surface area contributed by atoms with Gasteiger partial charge in [-0.1, -0.05) is 0 Å². The second kappa shape index (κ2) is 9.29. The summed E-state index contributed by atoms with van der Waals surface area (Å²) in [5.41, 5.74) is 1.92. The number of pyridine rings is 1. The lowest BCUT2D eigenvalue weighted by Crippen LogP contribution is -2.41. The first-order chi connectivity index (χ1) is 16.8. The Kier molecular flexibility index (Phi) is 6.18. The Bertz CT molecular complexity index is 1380. The number of alkyl halides is 2. The number of imidazole rings is 1. The van der Waals surface area contributed by atoms with Crippen molar-refractivity contribution in [2.24, 2.45) is 0 Å². The first-order valence-corrected chi connectivity index (χ1v) is 11.5. The van der Waals surface area contributed by atoms with Crippen molar-refractivity contribution < 1.29 is 17.6 Å². The molecule has 1 aliphatic rings.